The number of hydrogen-bond donors (Lipinski definition) is 1. The van der Waals surface area contributed by atoms with E-state index in [1.165, 1.54) is 23.5 Å². The third-order valence-electron chi connectivity index (χ3n) is 5.05. The van der Waals surface area contributed by atoms with Crippen molar-refractivity contribution in [1.29, 1.82) is 0 Å². The Balaban J connectivity index is 1.92. The molecule has 24 heavy (non-hydrogen) atoms. The van der Waals surface area contributed by atoms with E-state index in [0.29, 0.717) is 13.1 Å². The van der Waals surface area contributed by atoms with Gasteiger partial charge in [0, 0.05) is 13.1 Å². The summed E-state index contributed by atoms with van der Waals surface area (Å²) in [4.78, 5) is 10.4. The normalized spacial score (nSPS) is 21.0. The molecule has 0 bridgehead atoms. The van der Waals surface area contributed by atoms with Crippen molar-refractivity contribution < 1.29 is 18.1 Å². The average Bonchev–Trinajstić information content (AvgIpc) is 2.99. The smallest absolute Gasteiger partial charge is 0.293 e. The van der Waals surface area contributed by atoms with E-state index in [0.717, 1.165) is 38.4 Å². The van der Waals surface area contributed by atoms with Gasteiger partial charge in [-0.25, -0.2) is 8.42 Å². The maximum atomic E-state index is 13.0. The lowest BCUT2D eigenvalue weighted by Crippen LogP contribution is -2.39. The van der Waals surface area contributed by atoms with Gasteiger partial charge >= 0.3 is 0 Å². The summed E-state index contributed by atoms with van der Waals surface area (Å²) in [5, 5.41) is 14.6. The number of ether oxygens (including phenoxy) is 1. The van der Waals surface area contributed by atoms with Crippen LogP contribution in [-0.4, -0.2) is 50.9 Å². The van der Waals surface area contributed by atoms with E-state index in [1.807, 2.05) is 0 Å². The highest BCUT2D eigenvalue weighted by Crippen LogP contribution is 2.41. The van der Waals surface area contributed by atoms with Crippen LogP contribution >= 0.6 is 0 Å². The van der Waals surface area contributed by atoms with Gasteiger partial charge in [0.1, 0.15) is 5.75 Å². The Kier molecular flexibility index (Phi) is 4.50. The molecule has 8 nitrogen and oxygen atoms in total. The van der Waals surface area contributed by atoms with Crippen LogP contribution in [0.1, 0.15) is 19.3 Å². The molecule has 132 valence electrons. The number of nitrogens with zero attached hydrogens (tertiary/aromatic N) is 2. The number of nitrogens with one attached hydrogen (secondary N) is 1. The quantitative estimate of drug-likeness (QED) is 0.646. The molecule has 0 unspecified atom stereocenters. The van der Waals surface area contributed by atoms with Crippen LogP contribution in [0.2, 0.25) is 0 Å². The van der Waals surface area contributed by atoms with Gasteiger partial charge in [0.2, 0.25) is 10.0 Å². The molecule has 0 atom stereocenters. The lowest BCUT2D eigenvalue weighted by molar-refractivity contribution is -0.387. The Hall–Kier alpha value is -1.71. The first kappa shape index (κ1) is 17.1. The minimum atomic E-state index is -3.90. The third kappa shape index (κ3) is 2.99. The summed E-state index contributed by atoms with van der Waals surface area (Å²) >= 11 is 0. The van der Waals surface area contributed by atoms with Gasteiger partial charge in [-0.1, -0.05) is 0 Å². The maximum absolute atomic E-state index is 13.0. The molecule has 0 radical (unpaired) electrons. The van der Waals surface area contributed by atoms with Crippen LogP contribution in [0.4, 0.5) is 5.69 Å². The van der Waals surface area contributed by atoms with Crippen LogP contribution < -0.4 is 10.1 Å². The molecular weight excluding hydrogens is 334 g/mol. The monoisotopic (exact) mass is 355 g/mol. The molecule has 0 amide bonds. The van der Waals surface area contributed by atoms with Crippen molar-refractivity contribution in [3.8, 4) is 5.75 Å². The predicted molar refractivity (Wildman–Crippen MR) is 87.6 cm³/mol. The van der Waals surface area contributed by atoms with Crippen LogP contribution in [-0.2, 0) is 10.0 Å². The number of nitro benzene ring substituents is 1. The summed E-state index contributed by atoms with van der Waals surface area (Å²) in [6.45, 7) is 2.61. The summed E-state index contributed by atoms with van der Waals surface area (Å²) in [5.74, 6) is 0.261. The number of methoxy groups -OCH3 is 1. The molecule has 3 rings (SSSR count). The van der Waals surface area contributed by atoms with E-state index >= 15 is 0 Å². The Morgan fingerprint density at radius 1 is 1.29 bits per heavy atom. The zero-order valence-electron chi connectivity index (χ0n) is 13.5. The van der Waals surface area contributed by atoms with Crippen LogP contribution in [0, 0.1) is 15.5 Å². The molecule has 0 aliphatic carbocycles. The largest absolute Gasteiger partial charge is 0.497 e. The van der Waals surface area contributed by atoms with Gasteiger partial charge in [0.25, 0.3) is 5.69 Å². The van der Waals surface area contributed by atoms with E-state index in [9.17, 15) is 18.5 Å². The Morgan fingerprint density at radius 3 is 2.62 bits per heavy atom. The molecule has 0 aromatic heterocycles. The van der Waals surface area contributed by atoms with Crippen molar-refractivity contribution in [1.82, 2.24) is 9.62 Å². The SMILES string of the molecule is COc1ccc(S(=O)(=O)N2CCC3(CCNCC3)C2)c([N+](=O)[O-])c1. The van der Waals surface area contributed by atoms with Crippen LogP contribution in [0.3, 0.4) is 0 Å². The predicted octanol–water partition coefficient (Wildman–Crippen LogP) is 1.37. The number of piperidine rings is 1. The molecule has 2 aliphatic rings. The van der Waals surface area contributed by atoms with Crippen LogP contribution in [0.5, 0.6) is 5.75 Å². The highest BCUT2D eigenvalue weighted by atomic mass is 32.2. The van der Waals surface area contributed by atoms with Gasteiger partial charge in [-0.3, -0.25) is 10.1 Å². The molecule has 2 heterocycles. The van der Waals surface area contributed by atoms with Crippen LogP contribution in [0.15, 0.2) is 23.1 Å². The zero-order chi connectivity index (χ0) is 17.4. The fraction of sp³-hybridized carbons (Fsp3) is 0.600. The van der Waals surface area contributed by atoms with Gasteiger partial charge in [-0.05, 0) is 49.9 Å². The molecule has 1 aromatic rings. The van der Waals surface area contributed by atoms with E-state index < -0.39 is 20.6 Å². The highest BCUT2D eigenvalue weighted by molar-refractivity contribution is 7.89. The Morgan fingerprint density at radius 2 is 2.00 bits per heavy atom. The summed E-state index contributed by atoms with van der Waals surface area (Å²) < 4.78 is 32.3. The molecular formula is C15H21N3O5S. The lowest BCUT2D eigenvalue weighted by Gasteiger charge is -2.33. The lowest BCUT2D eigenvalue weighted by atomic mass is 9.78. The van der Waals surface area contributed by atoms with Gasteiger partial charge in [-0.2, -0.15) is 4.31 Å². The maximum Gasteiger partial charge on any atom is 0.293 e. The minimum absolute atomic E-state index is 0.000426. The zero-order valence-corrected chi connectivity index (χ0v) is 14.3. The van der Waals surface area contributed by atoms with Crippen LogP contribution in [0.25, 0.3) is 0 Å². The highest BCUT2D eigenvalue weighted by Gasteiger charge is 2.44. The van der Waals surface area contributed by atoms with Crippen molar-refractivity contribution >= 4 is 15.7 Å². The molecule has 1 N–H and O–H groups in total. The van der Waals surface area contributed by atoms with E-state index in [4.69, 9.17) is 4.74 Å². The second kappa shape index (κ2) is 6.30. The van der Waals surface area contributed by atoms with Gasteiger partial charge in [0.05, 0.1) is 18.1 Å². The molecule has 9 heteroatoms. The second-order valence-corrected chi connectivity index (χ2v) is 8.34. The fourth-order valence-corrected chi connectivity index (χ4v) is 5.28. The summed E-state index contributed by atoms with van der Waals surface area (Å²) in [6, 6.07) is 3.86. The third-order valence-corrected chi connectivity index (χ3v) is 6.94. The molecule has 0 saturated carbocycles. The van der Waals surface area contributed by atoms with Gasteiger partial charge in [-0.15, -0.1) is 0 Å². The number of rotatable bonds is 4. The summed E-state index contributed by atoms with van der Waals surface area (Å²) in [6.07, 6.45) is 2.67. The molecule has 1 spiro atoms. The van der Waals surface area contributed by atoms with Crippen molar-refractivity contribution in [3.05, 3.63) is 28.3 Å². The van der Waals surface area contributed by atoms with Crippen molar-refractivity contribution in [2.75, 3.05) is 33.3 Å². The first-order valence-corrected chi connectivity index (χ1v) is 9.35. The Bertz CT molecular complexity index is 743. The molecule has 1 aromatic carbocycles. The van der Waals surface area contributed by atoms with E-state index in [2.05, 4.69) is 5.32 Å². The number of nitro groups is 1. The summed E-state index contributed by atoms with van der Waals surface area (Å²) in [7, 11) is -2.52. The fourth-order valence-electron chi connectivity index (χ4n) is 3.59. The topological polar surface area (TPSA) is 102 Å². The van der Waals surface area contributed by atoms with Crippen molar-refractivity contribution in [3.63, 3.8) is 0 Å². The molecule has 2 saturated heterocycles. The second-order valence-electron chi connectivity index (χ2n) is 6.43. The van der Waals surface area contributed by atoms with Crippen molar-refractivity contribution in [2.24, 2.45) is 5.41 Å². The molecule has 2 aliphatic heterocycles. The standard InChI is InChI=1S/C15H21N3O5S/c1-23-12-2-3-14(13(10-12)18(19)20)24(21,22)17-9-6-15(11-17)4-7-16-8-5-15/h2-3,10,16H,4-9,11H2,1H3. The average molecular weight is 355 g/mol. The van der Waals surface area contributed by atoms with E-state index in [1.54, 1.807) is 0 Å². The first-order valence-electron chi connectivity index (χ1n) is 7.91. The number of benzene rings is 1. The van der Waals surface area contributed by atoms with Gasteiger partial charge < -0.3 is 10.1 Å². The summed E-state index contributed by atoms with van der Waals surface area (Å²) in [5.41, 5.74) is -0.444. The first-order chi connectivity index (χ1) is 11.4. The number of sulfonamides is 1. The number of hydrogen-bond acceptors (Lipinski definition) is 6. The van der Waals surface area contributed by atoms with Gasteiger partial charge in [0.15, 0.2) is 4.90 Å². The van der Waals surface area contributed by atoms with E-state index in [-0.39, 0.29) is 16.1 Å². The molecule has 2 fully saturated rings. The van der Waals surface area contributed by atoms with Crippen molar-refractivity contribution in [2.45, 2.75) is 24.2 Å². The minimum Gasteiger partial charge on any atom is -0.497 e. The Labute approximate surface area is 141 Å².